The van der Waals surface area contributed by atoms with E-state index in [0.29, 0.717) is 31.3 Å². The van der Waals surface area contributed by atoms with E-state index in [-0.39, 0.29) is 11.8 Å². The van der Waals surface area contributed by atoms with E-state index in [9.17, 15) is 22.4 Å². The van der Waals surface area contributed by atoms with Gasteiger partial charge in [0.2, 0.25) is 0 Å². The van der Waals surface area contributed by atoms with Crippen LogP contribution in [0.2, 0.25) is 0 Å². The molecule has 1 aromatic carbocycles. The molecule has 0 N–H and O–H groups in total. The van der Waals surface area contributed by atoms with Crippen molar-refractivity contribution in [2.45, 2.75) is 26.4 Å². The van der Waals surface area contributed by atoms with Crippen LogP contribution in [0.25, 0.3) is 0 Å². The summed E-state index contributed by atoms with van der Waals surface area (Å²) in [5, 5.41) is 0. The second-order valence-corrected chi connectivity index (χ2v) is 5.85. The van der Waals surface area contributed by atoms with E-state index in [2.05, 4.69) is 0 Å². The lowest BCUT2D eigenvalue weighted by molar-refractivity contribution is -0.137. The molecule has 0 aliphatic carbocycles. The fraction of sp³-hybridized carbons (Fsp3) is 0.533. The van der Waals surface area contributed by atoms with Gasteiger partial charge in [-0.05, 0) is 36.5 Å². The summed E-state index contributed by atoms with van der Waals surface area (Å²) in [5.74, 6) is -1.08. The van der Waals surface area contributed by atoms with Gasteiger partial charge in [0.25, 0.3) is 5.91 Å². The van der Waals surface area contributed by atoms with Crippen LogP contribution in [0.4, 0.5) is 17.6 Å². The molecule has 21 heavy (non-hydrogen) atoms. The van der Waals surface area contributed by atoms with Gasteiger partial charge in [0, 0.05) is 13.1 Å². The number of likely N-dealkylation sites (tertiary alicyclic amines) is 1. The van der Waals surface area contributed by atoms with Crippen molar-refractivity contribution in [3.05, 3.63) is 35.1 Å². The highest BCUT2D eigenvalue weighted by Crippen LogP contribution is 2.31. The highest BCUT2D eigenvalue weighted by Gasteiger charge is 2.33. The number of hydrogen-bond donors (Lipinski definition) is 0. The summed E-state index contributed by atoms with van der Waals surface area (Å²) in [7, 11) is 0. The molecule has 2 nitrogen and oxygen atoms in total. The smallest absolute Gasteiger partial charge is 0.338 e. The zero-order valence-corrected chi connectivity index (χ0v) is 11.9. The molecule has 2 rings (SSSR count). The van der Waals surface area contributed by atoms with E-state index in [1.807, 2.05) is 13.8 Å². The number of piperidine rings is 1. The van der Waals surface area contributed by atoms with Gasteiger partial charge >= 0.3 is 6.18 Å². The molecule has 2 atom stereocenters. The van der Waals surface area contributed by atoms with Crippen LogP contribution in [0.5, 0.6) is 0 Å². The predicted octanol–water partition coefficient (Wildman–Crippen LogP) is 3.96. The molecular weight excluding hydrogens is 286 g/mol. The van der Waals surface area contributed by atoms with Crippen LogP contribution in [-0.2, 0) is 6.18 Å². The normalized spacial score (nSPS) is 23.2. The summed E-state index contributed by atoms with van der Waals surface area (Å²) in [6.07, 6.45) is -3.64. The number of rotatable bonds is 1. The molecule has 1 aromatic rings. The van der Waals surface area contributed by atoms with Crippen LogP contribution >= 0.6 is 0 Å². The van der Waals surface area contributed by atoms with E-state index >= 15 is 0 Å². The Bertz CT molecular complexity index is 531. The molecule has 0 spiro atoms. The third kappa shape index (κ3) is 3.54. The molecule has 116 valence electrons. The van der Waals surface area contributed by atoms with E-state index in [0.717, 1.165) is 6.42 Å². The lowest BCUT2D eigenvalue weighted by Gasteiger charge is -2.35. The largest absolute Gasteiger partial charge is 0.416 e. The number of hydrogen-bond acceptors (Lipinski definition) is 1. The number of amides is 1. The first-order valence-electron chi connectivity index (χ1n) is 6.84. The first-order chi connectivity index (χ1) is 9.68. The Morgan fingerprint density at radius 2 is 1.76 bits per heavy atom. The van der Waals surface area contributed by atoms with Crippen LogP contribution in [0.15, 0.2) is 18.2 Å². The molecule has 0 bridgehead atoms. The molecule has 0 radical (unpaired) electrons. The Hall–Kier alpha value is -1.59. The minimum absolute atomic E-state index is 0.256. The van der Waals surface area contributed by atoms with Crippen LogP contribution in [-0.4, -0.2) is 23.9 Å². The third-order valence-corrected chi connectivity index (χ3v) is 3.68. The lowest BCUT2D eigenvalue weighted by atomic mass is 9.91. The predicted molar refractivity (Wildman–Crippen MR) is 70.3 cm³/mol. The van der Waals surface area contributed by atoms with Crippen LogP contribution in [0, 0.1) is 17.7 Å². The van der Waals surface area contributed by atoms with E-state index < -0.39 is 29.0 Å². The molecule has 1 aliphatic rings. The Kier molecular flexibility index (Phi) is 4.25. The van der Waals surface area contributed by atoms with Crippen molar-refractivity contribution < 1.29 is 22.4 Å². The second kappa shape index (κ2) is 5.66. The molecule has 6 heteroatoms. The number of benzene rings is 1. The van der Waals surface area contributed by atoms with Gasteiger partial charge in [0.15, 0.2) is 0 Å². The Balaban J connectivity index is 2.30. The average Bonchev–Trinajstić information content (AvgIpc) is 2.36. The summed E-state index contributed by atoms with van der Waals surface area (Å²) >= 11 is 0. The van der Waals surface area contributed by atoms with Gasteiger partial charge in [-0.1, -0.05) is 13.8 Å². The Morgan fingerprint density at radius 1 is 1.19 bits per heavy atom. The SMILES string of the molecule is CC1CC(C)CN(C(=O)c2cc(C(F)(F)F)ccc2F)C1. The topological polar surface area (TPSA) is 20.3 Å². The second-order valence-electron chi connectivity index (χ2n) is 5.85. The highest BCUT2D eigenvalue weighted by molar-refractivity contribution is 5.94. The van der Waals surface area contributed by atoms with Gasteiger partial charge in [-0.3, -0.25) is 4.79 Å². The molecule has 1 aliphatic heterocycles. The zero-order chi connectivity index (χ0) is 15.8. The monoisotopic (exact) mass is 303 g/mol. The van der Waals surface area contributed by atoms with Gasteiger partial charge in [-0.2, -0.15) is 13.2 Å². The van der Waals surface area contributed by atoms with Crippen molar-refractivity contribution in [3.8, 4) is 0 Å². The van der Waals surface area contributed by atoms with E-state index in [1.54, 1.807) is 0 Å². The first-order valence-corrected chi connectivity index (χ1v) is 6.84. The van der Waals surface area contributed by atoms with Crippen LogP contribution in [0.1, 0.15) is 36.2 Å². The van der Waals surface area contributed by atoms with Crippen molar-refractivity contribution in [2.24, 2.45) is 11.8 Å². The standard InChI is InChI=1S/C15H17F4NO/c1-9-5-10(2)8-20(7-9)14(21)12-6-11(15(17,18)19)3-4-13(12)16/h3-4,6,9-10H,5,7-8H2,1-2H3. The van der Waals surface area contributed by atoms with Crippen molar-refractivity contribution >= 4 is 5.91 Å². The summed E-state index contributed by atoms with van der Waals surface area (Å²) in [6, 6.07) is 1.95. The minimum Gasteiger partial charge on any atom is -0.338 e. The van der Waals surface area contributed by atoms with E-state index in [4.69, 9.17) is 0 Å². The molecule has 1 fully saturated rings. The van der Waals surface area contributed by atoms with Crippen LogP contribution in [0.3, 0.4) is 0 Å². The summed E-state index contributed by atoms with van der Waals surface area (Å²) < 4.78 is 51.8. The minimum atomic E-state index is -4.59. The maximum atomic E-state index is 13.7. The zero-order valence-electron chi connectivity index (χ0n) is 11.9. The number of nitrogens with zero attached hydrogens (tertiary/aromatic N) is 1. The van der Waals surface area contributed by atoms with E-state index in [1.165, 1.54) is 4.90 Å². The van der Waals surface area contributed by atoms with Crippen LogP contribution < -0.4 is 0 Å². The van der Waals surface area contributed by atoms with Gasteiger partial charge in [0.05, 0.1) is 11.1 Å². The Labute approximate surface area is 120 Å². The van der Waals surface area contributed by atoms with Gasteiger partial charge in [-0.15, -0.1) is 0 Å². The number of carbonyl (C=O) groups excluding carboxylic acids is 1. The summed E-state index contributed by atoms with van der Waals surface area (Å²) in [6.45, 7) is 4.83. The quantitative estimate of drug-likeness (QED) is 0.719. The number of alkyl halides is 3. The molecule has 2 unspecified atom stereocenters. The average molecular weight is 303 g/mol. The highest BCUT2D eigenvalue weighted by atomic mass is 19.4. The van der Waals surface area contributed by atoms with Crippen molar-refractivity contribution in [3.63, 3.8) is 0 Å². The Morgan fingerprint density at radius 3 is 2.29 bits per heavy atom. The van der Waals surface area contributed by atoms with Crippen molar-refractivity contribution in [1.29, 1.82) is 0 Å². The molecular formula is C15H17F4NO. The third-order valence-electron chi connectivity index (χ3n) is 3.68. The molecule has 0 aromatic heterocycles. The summed E-state index contributed by atoms with van der Waals surface area (Å²) in [4.78, 5) is 13.8. The van der Waals surface area contributed by atoms with Crippen molar-refractivity contribution in [1.82, 2.24) is 4.90 Å². The van der Waals surface area contributed by atoms with Gasteiger partial charge in [0.1, 0.15) is 5.82 Å². The van der Waals surface area contributed by atoms with Crippen molar-refractivity contribution in [2.75, 3.05) is 13.1 Å². The summed E-state index contributed by atoms with van der Waals surface area (Å²) in [5.41, 5.74) is -1.52. The molecule has 1 heterocycles. The fourth-order valence-electron chi connectivity index (χ4n) is 2.86. The molecule has 1 amide bonds. The maximum Gasteiger partial charge on any atom is 0.416 e. The number of carbonyl (C=O) groups is 1. The maximum absolute atomic E-state index is 13.7. The fourth-order valence-corrected chi connectivity index (χ4v) is 2.86. The van der Waals surface area contributed by atoms with Gasteiger partial charge < -0.3 is 4.90 Å². The lowest BCUT2D eigenvalue weighted by Crippen LogP contribution is -2.42. The number of halogens is 4. The molecule has 0 saturated carbocycles. The molecule has 1 saturated heterocycles. The first kappa shape index (κ1) is 15.8. The van der Waals surface area contributed by atoms with Gasteiger partial charge in [-0.25, -0.2) is 4.39 Å².